The summed E-state index contributed by atoms with van der Waals surface area (Å²) in [6.45, 7) is 31.8. The molecule has 0 radical (unpaired) electrons. The monoisotopic (exact) mass is 1370 g/mol. The van der Waals surface area contributed by atoms with E-state index in [0.717, 1.165) is 98.3 Å². The van der Waals surface area contributed by atoms with E-state index >= 15 is 0 Å². The first-order valence-electron chi connectivity index (χ1n) is 39.6. The first kappa shape index (κ1) is 76.1. The molecule has 0 amide bonds. The maximum absolute atomic E-state index is 6.87. The number of rotatable bonds is 32. The van der Waals surface area contributed by atoms with Gasteiger partial charge in [0.05, 0.1) is 0 Å². The molecule has 0 fully saturated rings. The summed E-state index contributed by atoms with van der Waals surface area (Å²) in [4.78, 5) is 4.89. The van der Waals surface area contributed by atoms with E-state index in [4.69, 9.17) is 11.5 Å². The zero-order valence-electron chi connectivity index (χ0n) is 65.5. The van der Waals surface area contributed by atoms with Crippen molar-refractivity contribution in [3.63, 3.8) is 0 Å². The smallest absolute Gasteiger partial charge is 0.0464 e. The fraction of sp³-hybridized carbons (Fsp3) is 0.340. The highest BCUT2D eigenvalue weighted by Crippen LogP contribution is 2.45. The number of hydrogen-bond donors (Lipinski definition) is 2. The Kier molecular flexibility index (Phi) is 25.4. The summed E-state index contributed by atoms with van der Waals surface area (Å²) in [5.41, 5.74) is 48.0. The van der Waals surface area contributed by atoms with Crippen LogP contribution in [0.4, 0.5) is 34.1 Å². The van der Waals surface area contributed by atoms with Gasteiger partial charge in [0.2, 0.25) is 0 Å². The molecule has 4 nitrogen and oxygen atoms in total. The summed E-state index contributed by atoms with van der Waals surface area (Å²) in [6, 6.07) is 88.3. The molecule has 0 bridgehead atoms. The third-order valence-corrected chi connectivity index (χ3v) is 22.1. The first-order valence-corrected chi connectivity index (χ1v) is 39.6. The lowest BCUT2D eigenvalue weighted by Gasteiger charge is -2.28. The summed E-state index contributed by atoms with van der Waals surface area (Å²) in [5, 5.41) is 0. The van der Waals surface area contributed by atoms with Crippen molar-refractivity contribution in [2.24, 2.45) is 23.3 Å². The van der Waals surface area contributed by atoms with Crippen LogP contribution in [0.1, 0.15) is 202 Å². The fourth-order valence-electron chi connectivity index (χ4n) is 16.1. The maximum Gasteiger partial charge on any atom is 0.0464 e. The minimum absolute atomic E-state index is 0.319. The Morgan fingerprint density at radius 3 is 1.00 bits per heavy atom. The number of benzene rings is 11. The van der Waals surface area contributed by atoms with Crippen molar-refractivity contribution < 1.29 is 0 Å². The lowest BCUT2D eigenvalue weighted by Crippen LogP contribution is -2.34. The minimum atomic E-state index is -0.354. The van der Waals surface area contributed by atoms with Gasteiger partial charge in [-0.05, 0) is 299 Å². The Bertz CT molecular complexity index is 4560. The average molecular weight is 1380 g/mol. The molecule has 0 aliphatic heterocycles. The maximum atomic E-state index is 6.87. The van der Waals surface area contributed by atoms with E-state index in [2.05, 4.69) is 337 Å². The van der Waals surface area contributed by atoms with Crippen LogP contribution in [-0.4, -0.2) is 0 Å². The van der Waals surface area contributed by atoms with Crippen molar-refractivity contribution in [2.45, 2.75) is 211 Å². The number of nitrogens with zero attached hydrogens (tertiary/aromatic N) is 2. The molecule has 4 N–H and O–H groups in total. The molecule has 0 heterocycles. The predicted octanol–water partition coefficient (Wildman–Crippen LogP) is 28.5. The van der Waals surface area contributed by atoms with Crippen molar-refractivity contribution in [1.29, 1.82) is 0 Å². The molecule has 1 atom stereocenters. The van der Waals surface area contributed by atoms with Gasteiger partial charge in [-0.2, -0.15) is 0 Å². The molecule has 0 spiro atoms. The quantitative estimate of drug-likeness (QED) is 0.0413. The zero-order chi connectivity index (χ0) is 73.7. The summed E-state index contributed by atoms with van der Waals surface area (Å²) in [5.74, 6) is 1.23. The van der Waals surface area contributed by atoms with Gasteiger partial charge >= 0.3 is 0 Å². The number of nitrogens with two attached hydrogens (primary N) is 2. The molecule has 11 aromatic rings. The van der Waals surface area contributed by atoms with Crippen LogP contribution in [0, 0.1) is 39.5 Å². The Balaban J connectivity index is 0.981. The summed E-state index contributed by atoms with van der Waals surface area (Å²) >= 11 is 0. The van der Waals surface area contributed by atoms with E-state index in [1.165, 1.54) is 161 Å². The van der Waals surface area contributed by atoms with Crippen LogP contribution < -0.4 is 21.3 Å². The Morgan fingerprint density at radius 2 is 0.654 bits per heavy atom. The highest BCUT2D eigenvalue weighted by molar-refractivity contribution is 5.87. The van der Waals surface area contributed by atoms with Gasteiger partial charge in [-0.25, -0.2) is 0 Å². The van der Waals surface area contributed by atoms with E-state index < -0.39 is 0 Å². The third-order valence-electron chi connectivity index (χ3n) is 22.1. The zero-order valence-corrected chi connectivity index (χ0v) is 65.5. The predicted molar refractivity (Wildman–Crippen MR) is 453 cm³/mol. The lowest BCUT2D eigenvalue weighted by molar-refractivity contribution is 0.413. The van der Waals surface area contributed by atoms with Crippen molar-refractivity contribution >= 4 is 34.1 Å². The van der Waals surface area contributed by atoms with Gasteiger partial charge in [0, 0.05) is 45.2 Å². The second-order valence-electron chi connectivity index (χ2n) is 31.3. The van der Waals surface area contributed by atoms with Gasteiger partial charge in [-0.15, -0.1) is 0 Å². The van der Waals surface area contributed by atoms with Gasteiger partial charge in [0.25, 0.3) is 0 Å². The van der Waals surface area contributed by atoms with Gasteiger partial charge in [0.1, 0.15) is 0 Å². The topological polar surface area (TPSA) is 58.5 Å². The normalized spacial score (nSPS) is 12.3. The van der Waals surface area contributed by atoms with E-state index in [9.17, 15) is 0 Å². The highest BCUT2D eigenvalue weighted by Gasteiger charge is 2.25. The first-order chi connectivity index (χ1) is 50.2. The molecule has 104 heavy (non-hydrogen) atoms. The second-order valence-corrected chi connectivity index (χ2v) is 31.3. The van der Waals surface area contributed by atoms with Gasteiger partial charge < -0.3 is 21.3 Å². The van der Waals surface area contributed by atoms with Crippen LogP contribution in [0.3, 0.4) is 0 Å². The summed E-state index contributed by atoms with van der Waals surface area (Å²) in [6.07, 6.45) is 17.6. The molecule has 11 aromatic carbocycles. The molecule has 1 unspecified atom stereocenters. The van der Waals surface area contributed by atoms with Crippen LogP contribution in [0.15, 0.2) is 231 Å². The minimum Gasteiger partial charge on any atom is -0.322 e. The molecule has 0 aromatic heterocycles. The van der Waals surface area contributed by atoms with Gasteiger partial charge in [-0.1, -0.05) is 265 Å². The largest absolute Gasteiger partial charge is 0.322 e. The average Bonchev–Trinajstić information content (AvgIpc) is 0.674. The van der Waals surface area contributed by atoms with Crippen LogP contribution in [-0.2, 0) is 36.8 Å². The van der Waals surface area contributed by atoms with Crippen LogP contribution in [0.25, 0.3) is 66.8 Å². The molecule has 11 rings (SSSR count). The number of unbranched alkanes of at least 4 members (excludes halogenated alkanes) is 6. The Morgan fingerprint density at radius 1 is 0.317 bits per heavy atom. The van der Waals surface area contributed by atoms with Crippen molar-refractivity contribution in [3.05, 3.63) is 286 Å². The lowest BCUT2D eigenvalue weighted by atomic mass is 9.84. The van der Waals surface area contributed by atoms with E-state index in [0.29, 0.717) is 11.8 Å². The fourth-order valence-corrected chi connectivity index (χ4v) is 16.1. The van der Waals surface area contributed by atoms with Crippen LogP contribution in [0.2, 0.25) is 0 Å². The summed E-state index contributed by atoms with van der Waals surface area (Å²) in [7, 11) is 0. The standard InChI is InChI=1S/C100H118N4/c1-15-20-22-24-26-84-68-97(95-59-57-93(66-72(95)11)104(90-50-38-81(39-51-90)78-32-44-86(45-33-78)99(14,101)60-17-3)91-54-42-83(43-55-91)98-73(12)63-76(62-70(8)9)64-74(98)13)85(27-25-23-21-16-2)67-96(84)94-58-56-92(65-71(94)10)103(88-48-36-80(37-49-88)77-30-28-75(29-31-77)61-69(6)7)89-52-40-82(41-53-89)79-34-46-87(47-35-79)100(102,18-4)19-5/h28-59,63-70H,15-27,60-62,101-102H2,1-14H3. The molecule has 0 saturated heterocycles. The SMILES string of the molecule is CCCCCCc1cc(-c2ccc(N(c3ccc(-c4ccc(C(C)(N)CCC)cc4)cc3)c3ccc(-c4c(C)cc(CC(C)C)cc4C)cc3)cc2C)c(CCCCCC)cc1-c1ccc(N(c2ccc(-c3ccc(CC(C)C)cc3)cc2)c2ccc(-c3ccc(C(N)(CC)CC)cc3)cc2)cc1C. The Labute approximate surface area is 627 Å². The second kappa shape index (κ2) is 34.7. The molecular formula is C100H118N4. The molecule has 0 aliphatic rings. The van der Waals surface area contributed by atoms with Crippen LogP contribution >= 0.6 is 0 Å². The number of hydrogen-bond acceptors (Lipinski definition) is 4. The van der Waals surface area contributed by atoms with Crippen LogP contribution in [0.5, 0.6) is 0 Å². The molecular weight excluding hydrogens is 1260 g/mol. The van der Waals surface area contributed by atoms with Gasteiger partial charge in [-0.3, -0.25) is 0 Å². The van der Waals surface area contributed by atoms with Crippen molar-refractivity contribution in [3.8, 4) is 66.8 Å². The third kappa shape index (κ3) is 18.0. The van der Waals surface area contributed by atoms with Crippen molar-refractivity contribution in [2.75, 3.05) is 9.80 Å². The Hall–Kier alpha value is -9.06. The van der Waals surface area contributed by atoms with Crippen molar-refractivity contribution in [1.82, 2.24) is 0 Å². The molecule has 0 aliphatic carbocycles. The molecule has 538 valence electrons. The van der Waals surface area contributed by atoms with Gasteiger partial charge in [0.15, 0.2) is 0 Å². The highest BCUT2D eigenvalue weighted by atomic mass is 15.1. The number of aryl methyl sites for hydroxylation is 6. The number of anilines is 6. The van der Waals surface area contributed by atoms with E-state index in [-0.39, 0.29) is 11.1 Å². The van der Waals surface area contributed by atoms with E-state index in [1.54, 1.807) is 0 Å². The molecule has 4 heteroatoms. The summed E-state index contributed by atoms with van der Waals surface area (Å²) < 4.78 is 0. The van der Waals surface area contributed by atoms with E-state index in [1.807, 2.05) is 0 Å². The molecule has 0 saturated carbocycles.